The Balaban J connectivity index is 1.67. The van der Waals surface area contributed by atoms with E-state index in [-0.39, 0.29) is 6.04 Å². The lowest BCUT2D eigenvalue weighted by molar-refractivity contribution is 0.766. The molecule has 3 heterocycles. The van der Waals surface area contributed by atoms with Crippen LogP contribution in [0.4, 0.5) is 5.82 Å². The van der Waals surface area contributed by atoms with Gasteiger partial charge in [0.2, 0.25) is 0 Å². The van der Waals surface area contributed by atoms with Crippen LogP contribution in [-0.2, 0) is 6.42 Å². The van der Waals surface area contributed by atoms with Crippen molar-refractivity contribution in [2.45, 2.75) is 26.3 Å². The van der Waals surface area contributed by atoms with E-state index in [1.165, 1.54) is 16.0 Å². The number of hydrogen-bond donors (Lipinski definition) is 1. The summed E-state index contributed by atoms with van der Waals surface area (Å²) in [5.74, 6) is 1.61. The molecule has 0 aliphatic heterocycles. The van der Waals surface area contributed by atoms with Crippen LogP contribution in [0.5, 0.6) is 0 Å². The van der Waals surface area contributed by atoms with Gasteiger partial charge in [-0.3, -0.25) is 0 Å². The van der Waals surface area contributed by atoms with Gasteiger partial charge in [-0.05, 0) is 55.0 Å². The van der Waals surface area contributed by atoms with Gasteiger partial charge in [0.1, 0.15) is 5.82 Å². The molecule has 0 bridgehead atoms. The molecule has 1 atom stereocenters. The molecule has 0 saturated heterocycles. The Kier molecular flexibility index (Phi) is 4.19. The van der Waals surface area contributed by atoms with Crippen LogP contribution in [0.3, 0.4) is 0 Å². The van der Waals surface area contributed by atoms with Crippen LogP contribution in [0.2, 0.25) is 0 Å². The maximum atomic E-state index is 4.64. The number of fused-ring (bicyclic) bond motifs is 1. The van der Waals surface area contributed by atoms with Gasteiger partial charge in [-0.2, -0.15) is 4.52 Å². The van der Waals surface area contributed by atoms with Gasteiger partial charge in [-0.15, -0.1) is 26.6 Å². The van der Waals surface area contributed by atoms with Crippen LogP contribution >= 0.6 is 11.3 Å². The van der Waals surface area contributed by atoms with E-state index in [9.17, 15) is 0 Å². The van der Waals surface area contributed by atoms with E-state index in [0.717, 1.165) is 23.7 Å². The molecule has 126 valence electrons. The van der Waals surface area contributed by atoms with Crippen LogP contribution in [-0.4, -0.2) is 19.8 Å². The molecule has 1 unspecified atom stereocenters. The summed E-state index contributed by atoms with van der Waals surface area (Å²) >= 11 is 1.78. The van der Waals surface area contributed by atoms with Crippen LogP contribution in [0.25, 0.3) is 5.65 Å². The fourth-order valence-corrected chi connectivity index (χ4v) is 3.93. The Hall–Kier alpha value is -2.73. The number of hydrogen-bond acceptors (Lipinski definition) is 5. The average Bonchev–Trinajstić information content (AvgIpc) is 3.21. The first kappa shape index (κ1) is 15.8. The Morgan fingerprint density at radius 3 is 2.64 bits per heavy atom. The summed E-state index contributed by atoms with van der Waals surface area (Å²) in [4.78, 5) is 1.34. The first-order valence-electron chi connectivity index (χ1n) is 8.24. The number of aromatic nitrogens is 4. The van der Waals surface area contributed by atoms with Crippen molar-refractivity contribution in [3.8, 4) is 0 Å². The number of nitrogens with zero attached hydrogens (tertiary/aromatic N) is 4. The summed E-state index contributed by atoms with van der Waals surface area (Å²) < 4.78 is 1.77. The van der Waals surface area contributed by atoms with E-state index in [1.807, 2.05) is 25.1 Å². The van der Waals surface area contributed by atoms with E-state index in [1.54, 1.807) is 15.9 Å². The highest BCUT2D eigenvalue weighted by molar-refractivity contribution is 7.10. The lowest BCUT2D eigenvalue weighted by Crippen LogP contribution is -2.15. The third kappa shape index (κ3) is 3.25. The van der Waals surface area contributed by atoms with E-state index >= 15 is 0 Å². The summed E-state index contributed by atoms with van der Waals surface area (Å²) in [6.07, 6.45) is 0.906. The Labute approximate surface area is 150 Å². The molecular formula is C19H19N5S. The summed E-state index contributed by atoms with van der Waals surface area (Å²) in [6, 6.07) is 16.8. The van der Waals surface area contributed by atoms with E-state index in [2.05, 4.69) is 63.2 Å². The minimum Gasteiger partial charge on any atom is -0.361 e. The maximum Gasteiger partial charge on any atom is 0.178 e. The van der Waals surface area contributed by atoms with Crippen LogP contribution < -0.4 is 5.32 Å². The first-order valence-corrected chi connectivity index (χ1v) is 9.12. The van der Waals surface area contributed by atoms with Crippen molar-refractivity contribution in [3.05, 3.63) is 75.7 Å². The molecule has 0 spiro atoms. The van der Waals surface area contributed by atoms with Crippen molar-refractivity contribution >= 4 is 22.8 Å². The minimum absolute atomic E-state index is 0.170. The average molecular weight is 349 g/mol. The fourth-order valence-electron chi connectivity index (χ4n) is 2.95. The standard InChI is InChI=1S/C19H19N5S/c1-13-10-11-25-19(13)16(12-15-6-4-3-5-7-15)20-17-8-9-18-22-21-14(2)24(18)23-17/h3-11,16H,12H2,1-2H3,(H,20,23). The highest BCUT2D eigenvalue weighted by atomic mass is 32.1. The summed E-state index contributed by atoms with van der Waals surface area (Å²) in [5, 5.41) is 18.6. The topological polar surface area (TPSA) is 55.1 Å². The zero-order valence-corrected chi connectivity index (χ0v) is 15.0. The molecule has 0 radical (unpaired) electrons. The van der Waals surface area contributed by atoms with Crippen LogP contribution in [0.1, 0.15) is 27.9 Å². The van der Waals surface area contributed by atoms with Crippen molar-refractivity contribution in [2.24, 2.45) is 0 Å². The molecule has 1 N–H and O–H groups in total. The largest absolute Gasteiger partial charge is 0.361 e. The highest BCUT2D eigenvalue weighted by Gasteiger charge is 2.17. The third-order valence-electron chi connectivity index (χ3n) is 4.24. The summed E-state index contributed by atoms with van der Waals surface area (Å²) in [5.41, 5.74) is 3.37. The van der Waals surface area contributed by atoms with Gasteiger partial charge in [-0.1, -0.05) is 30.3 Å². The number of rotatable bonds is 5. The quantitative estimate of drug-likeness (QED) is 0.587. The van der Waals surface area contributed by atoms with Gasteiger partial charge >= 0.3 is 0 Å². The number of aryl methyl sites for hydroxylation is 2. The second kappa shape index (κ2) is 6.64. The molecule has 3 aromatic heterocycles. The Morgan fingerprint density at radius 1 is 1.04 bits per heavy atom. The van der Waals surface area contributed by atoms with Crippen molar-refractivity contribution in [1.29, 1.82) is 0 Å². The molecule has 0 saturated carbocycles. The van der Waals surface area contributed by atoms with Gasteiger partial charge in [0.25, 0.3) is 0 Å². The lowest BCUT2D eigenvalue weighted by atomic mass is 10.0. The normalized spacial score (nSPS) is 12.4. The molecule has 4 rings (SSSR count). The van der Waals surface area contributed by atoms with Crippen molar-refractivity contribution in [1.82, 2.24) is 19.8 Å². The van der Waals surface area contributed by atoms with Gasteiger partial charge in [-0.25, -0.2) is 0 Å². The third-order valence-corrected chi connectivity index (χ3v) is 5.37. The zero-order chi connectivity index (χ0) is 17.2. The molecule has 5 nitrogen and oxygen atoms in total. The van der Waals surface area contributed by atoms with Gasteiger partial charge in [0, 0.05) is 4.88 Å². The van der Waals surface area contributed by atoms with Crippen molar-refractivity contribution < 1.29 is 0 Å². The Morgan fingerprint density at radius 2 is 1.88 bits per heavy atom. The van der Waals surface area contributed by atoms with Gasteiger partial charge in [0.05, 0.1) is 6.04 Å². The predicted molar refractivity (Wildman–Crippen MR) is 101 cm³/mol. The van der Waals surface area contributed by atoms with Gasteiger partial charge < -0.3 is 5.32 Å². The van der Waals surface area contributed by atoms with Crippen LogP contribution in [0.15, 0.2) is 53.9 Å². The SMILES string of the molecule is Cc1ccsc1C(Cc1ccccc1)Nc1ccc2nnc(C)n2n1. The number of nitrogens with one attached hydrogen (secondary N) is 1. The minimum atomic E-state index is 0.170. The van der Waals surface area contributed by atoms with E-state index in [0.29, 0.717) is 0 Å². The predicted octanol–water partition coefficient (Wildman–Crippen LogP) is 4.20. The molecule has 25 heavy (non-hydrogen) atoms. The second-order valence-corrected chi connectivity index (χ2v) is 7.04. The molecule has 0 aliphatic carbocycles. The smallest absolute Gasteiger partial charge is 0.178 e. The first-order chi connectivity index (χ1) is 12.2. The molecule has 1 aromatic carbocycles. The fraction of sp³-hybridized carbons (Fsp3) is 0.211. The molecule has 0 amide bonds. The number of thiophene rings is 1. The van der Waals surface area contributed by atoms with E-state index in [4.69, 9.17) is 0 Å². The summed E-state index contributed by atoms with van der Waals surface area (Å²) in [6.45, 7) is 4.06. The van der Waals surface area contributed by atoms with Crippen molar-refractivity contribution in [2.75, 3.05) is 5.32 Å². The zero-order valence-electron chi connectivity index (χ0n) is 14.2. The molecule has 4 aromatic rings. The molecule has 0 aliphatic rings. The lowest BCUT2D eigenvalue weighted by Gasteiger charge is -2.19. The van der Waals surface area contributed by atoms with Crippen molar-refractivity contribution in [3.63, 3.8) is 0 Å². The van der Waals surface area contributed by atoms with Crippen LogP contribution in [0, 0.1) is 13.8 Å². The second-order valence-electron chi connectivity index (χ2n) is 6.09. The summed E-state index contributed by atoms with van der Waals surface area (Å²) in [7, 11) is 0. The molecule has 6 heteroatoms. The monoisotopic (exact) mass is 349 g/mol. The molecule has 0 fully saturated rings. The molecular weight excluding hydrogens is 330 g/mol. The number of benzene rings is 1. The van der Waals surface area contributed by atoms with E-state index < -0.39 is 0 Å². The maximum absolute atomic E-state index is 4.64. The highest BCUT2D eigenvalue weighted by Crippen LogP contribution is 2.29. The van der Waals surface area contributed by atoms with Gasteiger partial charge in [0.15, 0.2) is 11.5 Å². The Bertz CT molecular complexity index is 989. The number of anilines is 1.